The quantitative estimate of drug-likeness (QED) is 0.936. The second-order valence-electron chi connectivity index (χ2n) is 5.53. The molecule has 120 valence electrons. The minimum Gasteiger partial charge on any atom is -0.478 e. The molecule has 6 heteroatoms. The standard InChI is InChI=1S/C17H17NO5/c1-3-11-6-12(17(20)21)7-13-14(19)8-15(23-16(11)13)18-4-5-22-10(2)9-18/h3,6-8,10H,1,4-5,9H2,2H3,(H,20,21)/t10-/m1/s1. The van der Waals surface area contributed by atoms with E-state index in [0.717, 1.165) is 0 Å². The predicted molar refractivity (Wildman–Crippen MR) is 87.2 cm³/mol. The van der Waals surface area contributed by atoms with Crippen LogP contribution in [0.15, 0.2) is 34.0 Å². The van der Waals surface area contributed by atoms with Crippen molar-refractivity contribution in [3.63, 3.8) is 0 Å². The minimum atomic E-state index is -1.10. The number of benzene rings is 1. The summed E-state index contributed by atoms with van der Waals surface area (Å²) < 4.78 is 11.4. The largest absolute Gasteiger partial charge is 0.478 e. The SMILES string of the molecule is C=Cc1cc(C(=O)O)cc2c(=O)cc(N3CCO[C@H](C)C3)oc12. The maximum Gasteiger partial charge on any atom is 0.335 e. The molecule has 1 aromatic heterocycles. The van der Waals surface area contributed by atoms with Crippen LogP contribution in [0.5, 0.6) is 0 Å². The Morgan fingerprint density at radius 3 is 2.87 bits per heavy atom. The number of nitrogens with zero attached hydrogens (tertiary/aromatic N) is 1. The van der Waals surface area contributed by atoms with Crippen molar-refractivity contribution in [1.29, 1.82) is 0 Å². The number of carbonyl (C=O) groups is 1. The van der Waals surface area contributed by atoms with Gasteiger partial charge in [-0.05, 0) is 19.1 Å². The lowest BCUT2D eigenvalue weighted by Crippen LogP contribution is -2.41. The van der Waals surface area contributed by atoms with Crippen LogP contribution in [0.1, 0.15) is 22.8 Å². The summed E-state index contributed by atoms with van der Waals surface area (Å²) in [6, 6.07) is 4.19. The van der Waals surface area contributed by atoms with Crippen molar-refractivity contribution in [2.45, 2.75) is 13.0 Å². The Bertz CT molecular complexity index is 839. The summed E-state index contributed by atoms with van der Waals surface area (Å²) in [5.74, 6) is -0.635. The molecule has 0 bridgehead atoms. The predicted octanol–water partition coefficient (Wildman–Crippen LogP) is 2.36. The van der Waals surface area contributed by atoms with Gasteiger partial charge in [-0.15, -0.1) is 0 Å². The molecule has 1 fully saturated rings. The molecule has 0 aliphatic carbocycles. The lowest BCUT2D eigenvalue weighted by Gasteiger charge is -2.31. The molecule has 1 aromatic carbocycles. The summed E-state index contributed by atoms with van der Waals surface area (Å²) in [7, 11) is 0. The summed E-state index contributed by atoms with van der Waals surface area (Å²) in [4.78, 5) is 25.6. The van der Waals surface area contributed by atoms with Crippen LogP contribution < -0.4 is 10.3 Å². The number of ether oxygens (including phenoxy) is 1. The number of fused-ring (bicyclic) bond motifs is 1. The first-order chi connectivity index (χ1) is 11.0. The van der Waals surface area contributed by atoms with E-state index in [1.807, 2.05) is 11.8 Å². The van der Waals surface area contributed by atoms with Gasteiger partial charge in [0.1, 0.15) is 5.58 Å². The number of hydrogen-bond acceptors (Lipinski definition) is 5. The first kappa shape index (κ1) is 15.3. The third-order valence-electron chi connectivity index (χ3n) is 3.86. The lowest BCUT2D eigenvalue weighted by atomic mass is 10.1. The minimum absolute atomic E-state index is 0.0347. The summed E-state index contributed by atoms with van der Waals surface area (Å²) >= 11 is 0. The number of anilines is 1. The van der Waals surface area contributed by atoms with E-state index in [-0.39, 0.29) is 22.5 Å². The Kier molecular flexibility index (Phi) is 3.92. The van der Waals surface area contributed by atoms with Gasteiger partial charge in [0.2, 0.25) is 0 Å². The van der Waals surface area contributed by atoms with Crippen molar-refractivity contribution in [3.05, 3.63) is 46.1 Å². The Balaban J connectivity index is 2.17. The van der Waals surface area contributed by atoms with Crippen LogP contribution in [-0.2, 0) is 4.74 Å². The summed E-state index contributed by atoms with van der Waals surface area (Å²) in [5.41, 5.74) is 0.603. The van der Waals surface area contributed by atoms with E-state index in [0.29, 0.717) is 36.7 Å². The van der Waals surface area contributed by atoms with E-state index in [2.05, 4.69) is 6.58 Å². The second kappa shape index (κ2) is 5.89. The Morgan fingerprint density at radius 1 is 1.43 bits per heavy atom. The van der Waals surface area contributed by atoms with E-state index in [1.165, 1.54) is 24.3 Å². The third-order valence-corrected chi connectivity index (χ3v) is 3.86. The van der Waals surface area contributed by atoms with Gasteiger partial charge in [-0.3, -0.25) is 4.79 Å². The monoisotopic (exact) mass is 315 g/mol. The van der Waals surface area contributed by atoms with Gasteiger partial charge in [0.05, 0.1) is 23.7 Å². The van der Waals surface area contributed by atoms with Gasteiger partial charge in [-0.25, -0.2) is 4.79 Å². The molecule has 1 atom stereocenters. The first-order valence-electron chi connectivity index (χ1n) is 7.34. The van der Waals surface area contributed by atoms with Crippen LogP contribution in [0.3, 0.4) is 0 Å². The van der Waals surface area contributed by atoms with E-state index < -0.39 is 5.97 Å². The molecule has 6 nitrogen and oxygen atoms in total. The van der Waals surface area contributed by atoms with Crippen LogP contribution in [-0.4, -0.2) is 36.9 Å². The fourth-order valence-electron chi connectivity index (χ4n) is 2.72. The molecule has 1 saturated heterocycles. The highest BCUT2D eigenvalue weighted by Gasteiger charge is 2.21. The molecule has 0 radical (unpaired) electrons. The van der Waals surface area contributed by atoms with E-state index >= 15 is 0 Å². The van der Waals surface area contributed by atoms with Gasteiger partial charge in [0.25, 0.3) is 0 Å². The summed E-state index contributed by atoms with van der Waals surface area (Å²) in [6.07, 6.45) is 1.54. The van der Waals surface area contributed by atoms with Gasteiger partial charge in [-0.1, -0.05) is 12.7 Å². The van der Waals surface area contributed by atoms with Crippen LogP contribution in [0.25, 0.3) is 17.0 Å². The van der Waals surface area contributed by atoms with Gasteiger partial charge in [0.15, 0.2) is 11.3 Å². The van der Waals surface area contributed by atoms with Crippen molar-refractivity contribution < 1.29 is 19.1 Å². The number of carboxylic acids is 1. The average Bonchev–Trinajstić information content (AvgIpc) is 2.53. The molecular formula is C17H17NO5. The average molecular weight is 315 g/mol. The number of morpholine rings is 1. The maximum absolute atomic E-state index is 12.4. The van der Waals surface area contributed by atoms with Crippen LogP contribution in [0, 0.1) is 0 Å². The molecule has 1 N–H and O–H groups in total. The smallest absolute Gasteiger partial charge is 0.335 e. The van der Waals surface area contributed by atoms with Crippen molar-refractivity contribution in [2.75, 3.05) is 24.6 Å². The van der Waals surface area contributed by atoms with Crippen molar-refractivity contribution in [1.82, 2.24) is 0 Å². The first-order valence-corrected chi connectivity index (χ1v) is 7.34. The molecular weight excluding hydrogens is 298 g/mol. The highest BCUT2D eigenvalue weighted by molar-refractivity contribution is 5.96. The molecule has 2 heterocycles. The van der Waals surface area contributed by atoms with Crippen molar-refractivity contribution in [3.8, 4) is 0 Å². The Morgan fingerprint density at radius 2 is 2.22 bits per heavy atom. The summed E-state index contributed by atoms with van der Waals surface area (Å²) in [6.45, 7) is 7.46. The summed E-state index contributed by atoms with van der Waals surface area (Å²) in [5, 5.41) is 9.39. The van der Waals surface area contributed by atoms with Crippen LogP contribution >= 0.6 is 0 Å². The molecule has 0 amide bonds. The number of carboxylic acid groups (broad SMARTS) is 1. The molecule has 1 aliphatic heterocycles. The fourth-order valence-corrected chi connectivity index (χ4v) is 2.72. The fraction of sp³-hybridized carbons (Fsp3) is 0.294. The van der Waals surface area contributed by atoms with E-state index in [9.17, 15) is 9.59 Å². The van der Waals surface area contributed by atoms with E-state index in [4.69, 9.17) is 14.3 Å². The lowest BCUT2D eigenvalue weighted by molar-refractivity contribution is 0.0517. The molecule has 0 spiro atoms. The zero-order valence-electron chi connectivity index (χ0n) is 12.7. The zero-order valence-corrected chi connectivity index (χ0v) is 12.7. The molecule has 3 rings (SSSR count). The topological polar surface area (TPSA) is 80.0 Å². The number of hydrogen-bond donors (Lipinski definition) is 1. The normalized spacial score (nSPS) is 18.1. The van der Waals surface area contributed by atoms with E-state index in [1.54, 1.807) is 0 Å². The molecule has 1 aliphatic rings. The van der Waals surface area contributed by atoms with Crippen LogP contribution in [0.2, 0.25) is 0 Å². The zero-order chi connectivity index (χ0) is 16.6. The van der Waals surface area contributed by atoms with Gasteiger partial charge < -0.3 is 19.2 Å². The number of rotatable bonds is 3. The maximum atomic E-state index is 12.4. The highest BCUT2D eigenvalue weighted by atomic mass is 16.5. The van der Waals surface area contributed by atoms with Crippen molar-refractivity contribution >= 4 is 28.9 Å². The molecule has 0 saturated carbocycles. The third kappa shape index (κ3) is 2.85. The Hall–Kier alpha value is -2.60. The van der Waals surface area contributed by atoms with Gasteiger partial charge >= 0.3 is 5.97 Å². The van der Waals surface area contributed by atoms with Crippen LogP contribution in [0.4, 0.5) is 5.88 Å². The number of aromatic carboxylic acids is 1. The molecule has 23 heavy (non-hydrogen) atoms. The highest BCUT2D eigenvalue weighted by Crippen LogP contribution is 2.26. The molecule has 0 unspecified atom stereocenters. The second-order valence-corrected chi connectivity index (χ2v) is 5.53. The van der Waals surface area contributed by atoms with Gasteiger partial charge in [0, 0.05) is 24.7 Å². The Labute approximate surface area is 132 Å². The molecule has 2 aromatic rings. The van der Waals surface area contributed by atoms with Gasteiger partial charge in [-0.2, -0.15) is 0 Å². The van der Waals surface area contributed by atoms with Crippen molar-refractivity contribution in [2.24, 2.45) is 0 Å².